The summed E-state index contributed by atoms with van der Waals surface area (Å²) in [6, 6.07) is 12.6. The molecule has 0 saturated carbocycles. The van der Waals surface area contributed by atoms with E-state index in [4.69, 9.17) is 9.47 Å². The summed E-state index contributed by atoms with van der Waals surface area (Å²) in [5, 5.41) is 15.4. The van der Waals surface area contributed by atoms with Crippen molar-refractivity contribution < 1.29 is 24.2 Å². The number of aromatic nitrogens is 3. The first kappa shape index (κ1) is 25.2. The molecule has 35 heavy (non-hydrogen) atoms. The zero-order valence-electron chi connectivity index (χ0n) is 19.6. The summed E-state index contributed by atoms with van der Waals surface area (Å²) in [5.74, 6) is -1.14. The summed E-state index contributed by atoms with van der Waals surface area (Å²) < 4.78 is 10.3. The summed E-state index contributed by atoms with van der Waals surface area (Å²) >= 11 is 0. The Morgan fingerprint density at radius 3 is 2.60 bits per heavy atom. The molecule has 184 valence electrons. The van der Waals surface area contributed by atoms with Crippen LogP contribution in [0.15, 0.2) is 53.5 Å². The van der Waals surface area contributed by atoms with Gasteiger partial charge in [-0.1, -0.05) is 30.3 Å². The normalized spacial score (nSPS) is 10.9. The van der Waals surface area contributed by atoms with Crippen molar-refractivity contribution in [2.45, 2.75) is 32.4 Å². The van der Waals surface area contributed by atoms with E-state index in [0.29, 0.717) is 12.3 Å². The number of nitrogens with zero attached hydrogens (tertiary/aromatic N) is 2. The minimum Gasteiger partial charge on any atom is -0.501 e. The number of carbonyl (C=O) groups excluding carboxylic acids is 2. The van der Waals surface area contributed by atoms with Crippen LogP contribution in [-0.4, -0.2) is 45.7 Å². The van der Waals surface area contributed by atoms with Gasteiger partial charge < -0.3 is 30.2 Å². The molecule has 4 N–H and O–H groups in total. The summed E-state index contributed by atoms with van der Waals surface area (Å²) in [6.07, 6.45) is 1.31. The Morgan fingerprint density at radius 2 is 1.89 bits per heavy atom. The first-order valence-electron chi connectivity index (χ1n) is 10.8. The van der Waals surface area contributed by atoms with Gasteiger partial charge >= 0.3 is 6.09 Å². The van der Waals surface area contributed by atoms with E-state index in [1.807, 2.05) is 30.3 Å². The fourth-order valence-electron chi connectivity index (χ4n) is 3.12. The SMILES string of the molecule is COc1cc(CCNC(=O)c2nc(C(C)(C)NC(=O)OCc3ccccc3)[nH]c(=O)c2O)ccn1. The lowest BCUT2D eigenvalue weighted by atomic mass is 10.0. The fraction of sp³-hybridized carbons (Fsp3) is 0.292. The van der Waals surface area contributed by atoms with E-state index in [2.05, 4.69) is 25.6 Å². The number of alkyl carbamates (subject to hydrolysis) is 1. The number of carbonyl (C=O) groups is 2. The van der Waals surface area contributed by atoms with Crippen molar-refractivity contribution in [3.8, 4) is 11.6 Å². The van der Waals surface area contributed by atoms with Crippen LogP contribution in [0.2, 0.25) is 0 Å². The van der Waals surface area contributed by atoms with Gasteiger partial charge in [0.05, 0.1) is 12.6 Å². The molecule has 0 radical (unpaired) electrons. The predicted octanol–water partition coefficient (Wildman–Crippen LogP) is 2.01. The molecule has 2 heterocycles. The highest BCUT2D eigenvalue weighted by atomic mass is 16.5. The van der Waals surface area contributed by atoms with Gasteiger partial charge in [-0.3, -0.25) is 9.59 Å². The maximum absolute atomic E-state index is 12.7. The number of aromatic amines is 1. The third-order valence-corrected chi connectivity index (χ3v) is 5.04. The molecule has 0 fully saturated rings. The number of hydrogen-bond acceptors (Lipinski definition) is 8. The molecule has 0 bridgehead atoms. The average molecular weight is 482 g/mol. The van der Waals surface area contributed by atoms with E-state index < -0.39 is 34.5 Å². The van der Waals surface area contributed by atoms with Crippen LogP contribution < -0.4 is 20.9 Å². The van der Waals surface area contributed by atoms with E-state index in [1.165, 1.54) is 7.11 Å². The lowest BCUT2D eigenvalue weighted by Crippen LogP contribution is -2.44. The third-order valence-electron chi connectivity index (χ3n) is 5.04. The van der Waals surface area contributed by atoms with E-state index >= 15 is 0 Å². The summed E-state index contributed by atoms with van der Waals surface area (Å²) in [7, 11) is 1.51. The predicted molar refractivity (Wildman–Crippen MR) is 126 cm³/mol. The van der Waals surface area contributed by atoms with Gasteiger partial charge in [0.1, 0.15) is 12.4 Å². The molecule has 11 heteroatoms. The van der Waals surface area contributed by atoms with Gasteiger partial charge in [0, 0.05) is 18.8 Å². The van der Waals surface area contributed by atoms with E-state index in [1.54, 1.807) is 32.2 Å². The zero-order valence-corrected chi connectivity index (χ0v) is 19.6. The highest BCUT2D eigenvalue weighted by Crippen LogP contribution is 2.18. The number of rotatable bonds is 9. The molecule has 0 aliphatic carbocycles. The molecule has 3 aromatic rings. The second kappa shape index (κ2) is 11.1. The lowest BCUT2D eigenvalue weighted by Gasteiger charge is -2.25. The molecule has 1 aromatic carbocycles. The molecular formula is C24H27N5O6. The summed E-state index contributed by atoms with van der Waals surface area (Å²) in [6.45, 7) is 3.41. The second-order valence-electron chi connectivity index (χ2n) is 8.14. The van der Waals surface area contributed by atoms with E-state index in [-0.39, 0.29) is 19.0 Å². The van der Waals surface area contributed by atoms with Crippen LogP contribution in [0.4, 0.5) is 4.79 Å². The topological polar surface area (TPSA) is 156 Å². The van der Waals surface area contributed by atoms with Gasteiger partial charge in [0.25, 0.3) is 11.5 Å². The lowest BCUT2D eigenvalue weighted by molar-refractivity contribution is 0.0945. The minimum absolute atomic E-state index is 0.0269. The van der Waals surface area contributed by atoms with Crippen molar-refractivity contribution in [2.75, 3.05) is 13.7 Å². The standard InChI is InChI=1S/C24H27N5O6/c1-24(2,29-23(33)35-14-16-7-5-4-6-8-16)22-27-18(19(30)21(32)28-22)20(31)26-12-10-15-9-11-25-17(13-15)34-3/h4-9,11,13,30H,10,12,14H2,1-3H3,(H,26,31)(H,29,33)(H,27,28,32). The van der Waals surface area contributed by atoms with E-state index in [0.717, 1.165) is 11.1 Å². The van der Waals surface area contributed by atoms with Crippen LogP contribution >= 0.6 is 0 Å². The number of nitrogens with one attached hydrogen (secondary N) is 3. The van der Waals surface area contributed by atoms with Crippen molar-refractivity contribution in [2.24, 2.45) is 0 Å². The van der Waals surface area contributed by atoms with Gasteiger partial charge in [0.15, 0.2) is 5.69 Å². The van der Waals surface area contributed by atoms with Crippen molar-refractivity contribution in [3.05, 3.63) is 81.7 Å². The number of pyridine rings is 1. The quantitative estimate of drug-likeness (QED) is 0.362. The number of ether oxygens (including phenoxy) is 2. The van der Waals surface area contributed by atoms with Gasteiger partial charge in [-0.2, -0.15) is 0 Å². The highest BCUT2D eigenvalue weighted by Gasteiger charge is 2.29. The van der Waals surface area contributed by atoms with Crippen LogP contribution in [-0.2, 0) is 23.3 Å². The number of aromatic hydroxyl groups is 1. The second-order valence-corrected chi connectivity index (χ2v) is 8.14. The molecule has 0 saturated heterocycles. The number of methoxy groups -OCH3 is 1. The van der Waals surface area contributed by atoms with Crippen molar-refractivity contribution >= 4 is 12.0 Å². The molecule has 2 amide bonds. The Labute approximate surface area is 201 Å². The first-order valence-corrected chi connectivity index (χ1v) is 10.8. The van der Waals surface area contributed by atoms with Crippen LogP contribution in [0, 0.1) is 0 Å². The van der Waals surface area contributed by atoms with Crippen LogP contribution in [0.1, 0.15) is 41.3 Å². The molecule has 0 spiro atoms. The molecule has 3 rings (SSSR count). The first-order chi connectivity index (χ1) is 16.7. The minimum atomic E-state index is -1.22. The smallest absolute Gasteiger partial charge is 0.408 e. The van der Waals surface area contributed by atoms with Gasteiger partial charge in [-0.05, 0) is 37.5 Å². The molecule has 11 nitrogen and oxygen atoms in total. The van der Waals surface area contributed by atoms with Gasteiger partial charge in [-0.25, -0.2) is 14.8 Å². The van der Waals surface area contributed by atoms with Crippen molar-refractivity contribution in [1.82, 2.24) is 25.6 Å². The Morgan fingerprint density at radius 1 is 1.14 bits per heavy atom. The Kier molecular flexibility index (Phi) is 8.03. The Hall–Kier alpha value is -4.41. The van der Waals surface area contributed by atoms with Crippen LogP contribution in [0.25, 0.3) is 0 Å². The Balaban J connectivity index is 1.66. The molecular weight excluding hydrogens is 454 g/mol. The van der Waals surface area contributed by atoms with Gasteiger partial charge in [-0.15, -0.1) is 0 Å². The molecule has 0 atom stereocenters. The largest absolute Gasteiger partial charge is 0.501 e. The highest BCUT2D eigenvalue weighted by molar-refractivity contribution is 5.94. The number of benzene rings is 1. The molecule has 0 aliphatic rings. The maximum atomic E-state index is 12.7. The molecule has 0 unspecified atom stereocenters. The van der Waals surface area contributed by atoms with Crippen molar-refractivity contribution in [1.29, 1.82) is 0 Å². The summed E-state index contributed by atoms with van der Waals surface area (Å²) in [4.78, 5) is 47.8. The monoisotopic (exact) mass is 481 g/mol. The van der Waals surface area contributed by atoms with Crippen LogP contribution in [0.5, 0.6) is 11.6 Å². The molecule has 2 aromatic heterocycles. The number of hydrogen-bond donors (Lipinski definition) is 4. The average Bonchev–Trinajstić information content (AvgIpc) is 2.84. The molecule has 0 aliphatic heterocycles. The van der Waals surface area contributed by atoms with Gasteiger partial charge in [0.2, 0.25) is 11.6 Å². The van der Waals surface area contributed by atoms with Crippen molar-refractivity contribution in [3.63, 3.8) is 0 Å². The fourth-order valence-corrected chi connectivity index (χ4v) is 3.12. The zero-order chi connectivity index (χ0) is 25.4. The number of H-pyrrole nitrogens is 1. The summed E-state index contributed by atoms with van der Waals surface area (Å²) in [5.41, 5.74) is -0.903. The van der Waals surface area contributed by atoms with E-state index in [9.17, 15) is 19.5 Å². The third kappa shape index (κ3) is 6.79. The van der Waals surface area contributed by atoms with Crippen LogP contribution in [0.3, 0.4) is 0 Å². The Bertz CT molecular complexity index is 1240. The maximum Gasteiger partial charge on any atom is 0.408 e. The number of amides is 2.